The molecule has 0 saturated heterocycles. The topological polar surface area (TPSA) is 67.9 Å². The van der Waals surface area contributed by atoms with Crippen LogP contribution in [0.15, 0.2) is 42.5 Å². The van der Waals surface area contributed by atoms with Crippen LogP contribution < -0.4 is 14.8 Å². The van der Waals surface area contributed by atoms with Crippen LogP contribution in [0.4, 0.5) is 0 Å². The first-order chi connectivity index (χ1) is 13.1. The third-order valence-electron chi connectivity index (χ3n) is 4.76. The van der Waals surface area contributed by atoms with E-state index in [2.05, 4.69) is 11.4 Å². The third kappa shape index (κ3) is 4.39. The number of carbonyl (C=O) groups excluding carboxylic acids is 2. The van der Waals surface area contributed by atoms with Gasteiger partial charge < -0.3 is 19.7 Å². The van der Waals surface area contributed by atoms with E-state index in [4.69, 9.17) is 9.47 Å². The second kappa shape index (κ2) is 8.58. The van der Waals surface area contributed by atoms with Crippen molar-refractivity contribution < 1.29 is 19.1 Å². The maximum atomic E-state index is 12.4. The van der Waals surface area contributed by atoms with E-state index in [1.807, 2.05) is 36.4 Å². The van der Waals surface area contributed by atoms with Gasteiger partial charge in [0.2, 0.25) is 0 Å². The van der Waals surface area contributed by atoms with Crippen LogP contribution in [0, 0.1) is 0 Å². The monoisotopic (exact) mass is 368 g/mol. The maximum Gasteiger partial charge on any atom is 0.312 e. The van der Waals surface area contributed by atoms with Crippen molar-refractivity contribution in [2.24, 2.45) is 0 Å². The highest BCUT2D eigenvalue weighted by Crippen LogP contribution is 2.27. The molecule has 0 aliphatic carbocycles. The minimum atomic E-state index is -0.560. The molecule has 1 aliphatic rings. The fourth-order valence-corrected chi connectivity index (χ4v) is 3.24. The lowest BCUT2D eigenvalue weighted by Crippen LogP contribution is -2.45. The normalized spacial score (nSPS) is 12.9. The smallest absolute Gasteiger partial charge is 0.312 e. The molecule has 2 amide bonds. The van der Waals surface area contributed by atoms with Crippen molar-refractivity contribution in [1.29, 1.82) is 0 Å². The molecule has 27 heavy (non-hydrogen) atoms. The number of fused-ring (bicyclic) bond motifs is 1. The molecule has 142 valence electrons. The van der Waals surface area contributed by atoms with Gasteiger partial charge >= 0.3 is 11.8 Å². The average molecular weight is 368 g/mol. The van der Waals surface area contributed by atoms with Crippen LogP contribution in [0.5, 0.6) is 11.5 Å². The van der Waals surface area contributed by atoms with E-state index in [0.717, 1.165) is 17.5 Å². The number of amides is 2. The summed E-state index contributed by atoms with van der Waals surface area (Å²) in [6, 6.07) is 13.6. The molecule has 0 atom stereocenters. The van der Waals surface area contributed by atoms with Crippen molar-refractivity contribution in [3.8, 4) is 11.5 Å². The Labute approximate surface area is 159 Å². The highest BCUT2D eigenvalue weighted by molar-refractivity contribution is 6.35. The van der Waals surface area contributed by atoms with Crippen LogP contribution in [-0.2, 0) is 29.0 Å². The number of ether oxygens (including phenoxy) is 2. The number of benzene rings is 2. The molecule has 6 heteroatoms. The Morgan fingerprint density at radius 1 is 1.04 bits per heavy atom. The number of rotatable bonds is 5. The predicted octanol–water partition coefficient (Wildman–Crippen LogP) is 1.95. The van der Waals surface area contributed by atoms with Crippen LogP contribution in [0.2, 0.25) is 0 Å². The van der Waals surface area contributed by atoms with Crippen molar-refractivity contribution in [2.75, 3.05) is 27.3 Å². The number of hydrogen-bond acceptors (Lipinski definition) is 4. The van der Waals surface area contributed by atoms with E-state index in [1.54, 1.807) is 19.1 Å². The molecular weight excluding hydrogens is 344 g/mol. The van der Waals surface area contributed by atoms with E-state index >= 15 is 0 Å². The largest absolute Gasteiger partial charge is 0.493 e. The number of hydrogen-bond donors (Lipinski definition) is 1. The molecule has 1 heterocycles. The Morgan fingerprint density at radius 3 is 2.52 bits per heavy atom. The van der Waals surface area contributed by atoms with Gasteiger partial charge in [0.25, 0.3) is 0 Å². The highest BCUT2D eigenvalue weighted by Gasteiger charge is 2.25. The molecule has 0 aromatic heterocycles. The zero-order valence-electron chi connectivity index (χ0n) is 15.7. The van der Waals surface area contributed by atoms with Gasteiger partial charge in [-0.3, -0.25) is 9.59 Å². The lowest BCUT2D eigenvalue weighted by Gasteiger charge is -2.28. The van der Waals surface area contributed by atoms with E-state index < -0.39 is 11.8 Å². The highest BCUT2D eigenvalue weighted by atomic mass is 16.5. The van der Waals surface area contributed by atoms with E-state index in [-0.39, 0.29) is 0 Å². The zero-order valence-corrected chi connectivity index (χ0v) is 15.7. The second-order valence-electron chi connectivity index (χ2n) is 6.44. The lowest BCUT2D eigenvalue weighted by molar-refractivity contribution is -0.146. The summed E-state index contributed by atoms with van der Waals surface area (Å²) in [5.74, 6) is 0.266. The first-order valence-corrected chi connectivity index (χ1v) is 8.97. The number of carbonyl (C=O) groups is 2. The van der Waals surface area contributed by atoms with Crippen molar-refractivity contribution in [3.63, 3.8) is 0 Å². The first-order valence-electron chi connectivity index (χ1n) is 8.97. The molecule has 0 radical (unpaired) electrons. The molecule has 3 rings (SSSR count). The lowest BCUT2D eigenvalue weighted by atomic mass is 10.00. The van der Waals surface area contributed by atoms with Gasteiger partial charge in [-0.2, -0.15) is 0 Å². The summed E-state index contributed by atoms with van der Waals surface area (Å²) >= 11 is 0. The minimum absolute atomic E-state index is 0.379. The van der Waals surface area contributed by atoms with Gasteiger partial charge in [-0.15, -0.1) is 0 Å². The van der Waals surface area contributed by atoms with Gasteiger partial charge in [0.05, 0.1) is 14.2 Å². The fourth-order valence-electron chi connectivity index (χ4n) is 3.24. The van der Waals surface area contributed by atoms with Crippen LogP contribution in [0.25, 0.3) is 0 Å². The fraction of sp³-hybridized carbons (Fsp3) is 0.333. The Morgan fingerprint density at radius 2 is 1.78 bits per heavy atom. The predicted molar refractivity (Wildman–Crippen MR) is 102 cm³/mol. The molecule has 0 spiro atoms. The summed E-state index contributed by atoms with van der Waals surface area (Å²) in [6.45, 7) is 1.43. The number of nitrogens with zero attached hydrogens (tertiary/aromatic N) is 1. The summed E-state index contributed by atoms with van der Waals surface area (Å²) in [5.41, 5.74) is 3.35. The summed E-state index contributed by atoms with van der Waals surface area (Å²) < 4.78 is 10.5. The van der Waals surface area contributed by atoms with Gasteiger partial charge in [0.1, 0.15) is 0 Å². The van der Waals surface area contributed by atoms with Crippen LogP contribution in [0.1, 0.15) is 16.7 Å². The molecular formula is C21H24N2O4. The van der Waals surface area contributed by atoms with Gasteiger partial charge in [-0.1, -0.05) is 30.3 Å². The third-order valence-corrected chi connectivity index (χ3v) is 4.76. The Balaban J connectivity index is 1.52. The van der Waals surface area contributed by atoms with Crippen LogP contribution in [-0.4, -0.2) is 44.0 Å². The van der Waals surface area contributed by atoms with Gasteiger partial charge in [-0.25, -0.2) is 0 Å². The van der Waals surface area contributed by atoms with Gasteiger partial charge in [-0.05, 0) is 41.7 Å². The van der Waals surface area contributed by atoms with Crippen molar-refractivity contribution in [2.45, 2.75) is 19.4 Å². The number of methoxy groups -OCH3 is 2. The molecule has 2 aromatic rings. The molecule has 0 fully saturated rings. The van der Waals surface area contributed by atoms with E-state index in [1.165, 1.54) is 5.56 Å². The minimum Gasteiger partial charge on any atom is -0.493 e. The molecule has 6 nitrogen and oxygen atoms in total. The van der Waals surface area contributed by atoms with Gasteiger partial charge in [0, 0.05) is 19.6 Å². The SMILES string of the molecule is COc1ccc(CCNC(=O)C(=O)N2CCc3ccccc3C2)cc1OC. The van der Waals surface area contributed by atoms with Crippen molar-refractivity contribution >= 4 is 11.8 Å². The standard InChI is InChI=1S/C21H24N2O4/c1-26-18-8-7-15(13-19(18)27-2)9-11-22-20(24)21(25)23-12-10-16-5-3-4-6-17(16)14-23/h3-8,13H,9-12,14H2,1-2H3,(H,22,24). The quantitative estimate of drug-likeness (QED) is 0.819. The van der Waals surface area contributed by atoms with Crippen molar-refractivity contribution in [1.82, 2.24) is 10.2 Å². The molecule has 0 saturated carbocycles. The Kier molecular flexibility index (Phi) is 5.96. The van der Waals surface area contributed by atoms with Crippen LogP contribution in [0.3, 0.4) is 0 Å². The first kappa shape index (κ1) is 18.8. The van der Waals surface area contributed by atoms with E-state index in [9.17, 15) is 9.59 Å². The second-order valence-corrected chi connectivity index (χ2v) is 6.44. The molecule has 2 aromatic carbocycles. The summed E-state index contributed by atoms with van der Waals surface area (Å²) in [7, 11) is 3.17. The Bertz CT molecular complexity index is 835. The van der Waals surface area contributed by atoms with Gasteiger partial charge in [0.15, 0.2) is 11.5 Å². The number of nitrogens with one attached hydrogen (secondary N) is 1. The molecule has 0 unspecified atom stereocenters. The Hall–Kier alpha value is -3.02. The van der Waals surface area contributed by atoms with Crippen molar-refractivity contribution in [3.05, 3.63) is 59.2 Å². The molecule has 0 bridgehead atoms. The molecule has 1 aliphatic heterocycles. The summed E-state index contributed by atoms with van der Waals surface area (Å²) in [6.07, 6.45) is 1.38. The average Bonchev–Trinajstić information content (AvgIpc) is 2.72. The molecule has 1 N–H and O–H groups in total. The maximum absolute atomic E-state index is 12.4. The van der Waals surface area contributed by atoms with Crippen LogP contribution >= 0.6 is 0 Å². The summed E-state index contributed by atoms with van der Waals surface area (Å²) in [5, 5.41) is 2.72. The van der Waals surface area contributed by atoms with E-state index in [0.29, 0.717) is 37.6 Å². The summed E-state index contributed by atoms with van der Waals surface area (Å²) in [4.78, 5) is 26.2. The zero-order chi connectivity index (χ0) is 19.2.